The van der Waals surface area contributed by atoms with Crippen LogP contribution in [0.25, 0.3) is 0 Å². The Morgan fingerprint density at radius 1 is 1.40 bits per heavy atom. The predicted octanol–water partition coefficient (Wildman–Crippen LogP) is 2.27. The van der Waals surface area contributed by atoms with Crippen LogP contribution in [0.1, 0.15) is 31.2 Å². The molecule has 6 nitrogen and oxygen atoms in total. The zero-order valence-electron chi connectivity index (χ0n) is 11.2. The lowest BCUT2D eigenvalue weighted by Crippen LogP contribution is -2.12. The molecule has 2 rings (SSSR count). The van der Waals surface area contributed by atoms with E-state index in [0.29, 0.717) is 24.4 Å². The second kappa shape index (κ2) is 7.55. The number of hydrogen-bond donors (Lipinski definition) is 3. The predicted molar refractivity (Wildman–Crippen MR) is 77.1 cm³/mol. The molecule has 0 radical (unpaired) electrons. The van der Waals surface area contributed by atoms with Gasteiger partial charge in [0.05, 0.1) is 6.61 Å². The molecule has 1 atom stereocenters. The molecule has 7 heteroatoms. The van der Waals surface area contributed by atoms with Crippen molar-refractivity contribution in [3.05, 3.63) is 23.8 Å². The number of amides is 1. The average Bonchev–Trinajstić information content (AvgIpc) is 2.44. The second-order valence-corrected chi connectivity index (χ2v) is 5.49. The summed E-state index contributed by atoms with van der Waals surface area (Å²) in [5.41, 5.74) is 6.93. The molecular formula is C13H19N2O4P. The number of rotatable bonds is 6. The van der Waals surface area contributed by atoms with Gasteiger partial charge < -0.3 is 20.5 Å². The maximum atomic E-state index is 11.8. The lowest BCUT2D eigenvalue weighted by atomic mass is 10.1. The molecule has 1 heterocycles. The smallest absolute Gasteiger partial charge is 0.394 e. The molecular weight excluding hydrogens is 279 g/mol. The Labute approximate surface area is 119 Å². The van der Waals surface area contributed by atoms with E-state index in [0.717, 1.165) is 24.8 Å². The summed E-state index contributed by atoms with van der Waals surface area (Å²) in [4.78, 5) is 21.0. The van der Waals surface area contributed by atoms with Crippen molar-refractivity contribution in [3.8, 4) is 5.75 Å². The molecule has 0 spiro atoms. The number of fused-ring (bicyclic) bond motifs is 1. The number of anilines is 1. The van der Waals surface area contributed by atoms with Crippen LogP contribution in [-0.4, -0.2) is 17.3 Å². The van der Waals surface area contributed by atoms with Crippen LogP contribution in [0.2, 0.25) is 0 Å². The van der Waals surface area contributed by atoms with Crippen molar-refractivity contribution in [1.82, 2.24) is 0 Å². The van der Waals surface area contributed by atoms with Gasteiger partial charge in [0.25, 0.3) is 0 Å². The molecule has 0 saturated heterocycles. The van der Waals surface area contributed by atoms with Gasteiger partial charge >= 0.3 is 8.60 Å². The molecule has 0 fully saturated rings. The molecule has 1 aromatic carbocycles. The van der Waals surface area contributed by atoms with E-state index in [1.165, 1.54) is 0 Å². The minimum absolute atomic E-state index is 0.0102. The highest BCUT2D eigenvalue weighted by molar-refractivity contribution is 7.41. The first-order valence-corrected chi connectivity index (χ1v) is 7.75. The third kappa shape index (κ3) is 4.42. The highest BCUT2D eigenvalue weighted by Crippen LogP contribution is 2.43. The molecule has 0 aliphatic carbocycles. The zero-order valence-corrected chi connectivity index (χ0v) is 12.1. The third-order valence-corrected chi connectivity index (χ3v) is 3.66. The largest absolute Gasteiger partial charge is 0.426 e. The molecule has 1 unspecified atom stereocenters. The van der Waals surface area contributed by atoms with Crippen molar-refractivity contribution in [2.75, 3.05) is 11.9 Å². The van der Waals surface area contributed by atoms with Crippen molar-refractivity contribution in [1.29, 1.82) is 0 Å². The highest BCUT2D eigenvalue weighted by atomic mass is 31.2. The minimum atomic E-state index is -1.81. The monoisotopic (exact) mass is 298 g/mol. The summed E-state index contributed by atoms with van der Waals surface area (Å²) >= 11 is 0. The molecule has 1 aromatic rings. The van der Waals surface area contributed by atoms with Crippen molar-refractivity contribution >= 4 is 20.2 Å². The van der Waals surface area contributed by atoms with Crippen molar-refractivity contribution in [3.63, 3.8) is 0 Å². The molecule has 20 heavy (non-hydrogen) atoms. The van der Waals surface area contributed by atoms with Crippen LogP contribution in [0, 0.1) is 0 Å². The van der Waals surface area contributed by atoms with Gasteiger partial charge in [-0.1, -0.05) is 6.42 Å². The summed E-state index contributed by atoms with van der Waals surface area (Å²) in [6.07, 6.45) is 3.25. The minimum Gasteiger partial charge on any atom is -0.426 e. The van der Waals surface area contributed by atoms with Crippen molar-refractivity contribution in [2.45, 2.75) is 32.3 Å². The Bertz CT molecular complexity index is 470. The summed E-state index contributed by atoms with van der Waals surface area (Å²) in [5, 5.41) is 2.84. The number of nitrogens with two attached hydrogens (primary N) is 1. The van der Waals surface area contributed by atoms with E-state index in [-0.39, 0.29) is 12.5 Å². The van der Waals surface area contributed by atoms with Crippen LogP contribution in [0.4, 0.5) is 5.69 Å². The standard InChI is InChI=1S/C13H19N2O4P/c14-7-3-1-2-4-13(16)15-11-5-6-12-10(8-11)9-18-20(17)19-12/h5-6,8,17H,1-4,7,9,14H2,(H,15,16). The number of nitrogens with one attached hydrogen (secondary N) is 1. The third-order valence-electron chi connectivity index (χ3n) is 2.96. The zero-order chi connectivity index (χ0) is 14.4. The van der Waals surface area contributed by atoms with Gasteiger partial charge in [-0.25, -0.2) is 0 Å². The Kier molecular flexibility index (Phi) is 5.73. The van der Waals surface area contributed by atoms with Gasteiger partial charge in [0.1, 0.15) is 5.75 Å². The van der Waals surface area contributed by atoms with Crippen LogP contribution in [-0.2, 0) is 15.9 Å². The van der Waals surface area contributed by atoms with E-state index < -0.39 is 8.60 Å². The van der Waals surface area contributed by atoms with Crippen LogP contribution in [0.3, 0.4) is 0 Å². The number of carbonyl (C=O) groups excluding carboxylic acids is 1. The van der Waals surface area contributed by atoms with Crippen molar-refractivity contribution < 1.29 is 18.7 Å². The van der Waals surface area contributed by atoms with Gasteiger partial charge in [-0.05, 0) is 37.6 Å². The summed E-state index contributed by atoms with van der Waals surface area (Å²) in [6, 6.07) is 5.29. The van der Waals surface area contributed by atoms with E-state index in [2.05, 4.69) is 5.32 Å². The molecule has 0 saturated carbocycles. The second-order valence-electron chi connectivity index (χ2n) is 4.57. The number of carbonyl (C=O) groups is 1. The molecule has 0 bridgehead atoms. The fourth-order valence-corrected chi connectivity index (χ4v) is 2.57. The van der Waals surface area contributed by atoms with Gasteiger partial charge in [-0.15, -0.1) is 0 Å². The quantitative estimate of drug-likeness (QED) is 0.553. The van der Waals surface area contributed by atoms with Crippen LogP contribution in [0.15, 0.2) is 18.2 Å². The average molecular weight is 298 g/mol. The number of benzene rings is 1. The Balaban J connectivity index is 1.85. The first kappa shape index (κ1) is 15.2. The summed E-state index contributed by atoms with van der Waals surface area (Å²) in [6.45, 7) is 0.956. The summed E-state index contributed by atoms with van der Waals surface area (Å²) in [7, 11) is -1.81. The van der Waals surface area contributed by atoms with E-state index in [1.54, 1.807) is 18.2 Å². The molecule has 1 aliphatic heterocycles. The Morgan fingerprint density at radius 3 is 3.05 bits per heavy atom. The first-order valence-electron chi connectivity index (χ1n) is 6.62. The van der Waals surface area contributed by atoms with E-state index >= 15 is 0 Å². The van der Waals surface area contributed by atoms with Crippen LogP contribution < -0.4 is 15.6 Å². The molecule has 1 aliphatic rings. The SMILES string of the molecule is NCCCCCC(=O)Nc1ccc2c(c1)COP(O)O2. The van der Waals surface area contributed by atoms with Gasteiger partial charge in [0.15, 0.2) is 0 Å². The normalized spacial score (nSPS) is 17.2. The van der Waals surface area contributed by atoms with Crippen LogP contribution >= 0.6 is 8.60 Å². The van der Waals surface area contributed by atoms with Gasteiger partial charge in [-0.2, -0.15) is 0 Å². The molecule has 4 N–H and O–H groups in total. The van der Waals surface area contributed by atoms with Crippen LogP contribution in [0.5, 0.6) is 5.75 Å². The lowest BCUT2D eigenvalue weighted by molar-refractivity contribution is -0.116. The van der Waals surface area contributed by atoms with Gasteiger partial charge in [0, 0.05) is 17.7 Å². The fraction of sp³-hybridized carbons (Fsp3) is 0.462. The number of unbranched alkanes of at least 4 members (excludes halogenated alkanes) is 2. The summed E-state index contributed by atoms with van der Waals surface area (Å²) < 4.78 is 10.2. The Morgan fingerprint density at radius 2 is 2.25 bits per heavy atom. The topological polar surface area (TPSA) is 93.8 Å². The molecule has 1 amide bonds. The highest BCUT2D eigenvalue weighted by Gasteiger charge is 2.20. The first-order chi connectivity index (χ1) is 9.69. The number of hydrogen-bond acceptors (Lipinski definition) is 5. The lowest BCUT2D eigenvalue weighted by Gasteiger charge is -2.20. The summed E-state index contributed by atoms with van der Waals surface area (Å²) in [5.74, 6) is 0.592. The van der Waals surface area contributed by atoms with E-state index in [1.807, 2.05) is 0 Å². The van der Waals surface area contributed by atoms with Crippen molar-refractivity contribution in [2.24, 2.45) is 5.73 Å². The maximum Gasteiger partial charge on any atom is 0.394 e. The van der Waals surface area contributed by atoms with E-state index in [9.17, 15) is 9.69 Å². The molecule has 0 aromatic heterocycles. The Hall–Kier alpha value is -1.20. The van der Waals surface area contributed by atoms with Gasteiger partial charge in [0.2, 0.25) is 5.91 Å². The fourth-order valence-electron chi connectivity index (χ4n) is 1.92. The van der Waals surface area contributed by atoms with Gasteiger partial charge in [-0.3, -0.25) is 9.32 Å². The van der Waals surface area contributed by atoms with E-state index in [4.69, 9.17) is 14.8 Å². The maximum absolute atomic E-state index is 11.8. The molecule has 110 valence electrons.